The summed E-state index contributed by atoms with van der Waals surface area (Å²) in [6.45, 7) is 5.21. The highest BCUT2D eigenvalue weighted by Crippen LogP contribution is 2.37. The molecular weight excluding hydrogens is 543 g/mol. The summed E-state index contributed by atoms with van der Waals surface area (Å²) in [5.41, 5.74) is 2.33. The number of aliphatic imine (C=N–C) groups is 2. The molecule has 2 aliphatic heterocycles. The van der Waals surface area contributed by atoms with Gasteiger partial charge in [0.05, 0.1) is 11.1 Å². The van der Waals surface area contributed by atoms with Crippen molar-refractivity contribution in [2.45, 2.75) is 19.6 Å². The van der Waals surface area contributed by atoms with Gasteiger partial charge >= 0.3 is 6.18 Å². The van der Waals surface area contributed by atoms with E-state index in [9.17, 15) is 13.2 Å². The van der Waals surface area contributed by atoms with Crippen molar-refractivity contribution < 1.29 is 17.9 Å². The van der Waals surface area contributed by atoms with Crippen LogP contribution in [0, 0.1) is 12.3 Å². The van der Waals surface area contributed by atoms with Gasteiger partial charge in [0.2, 0.25) is 5.90 Å². The van der Waals surface area contributed by atoms with E-state index in [1.54, 1.807) is 68.1 Å². The zero-order valence-electron chi connectivity index (χ0n) is 23.7. The number of rotatable bonds is 6. The molecule has 0 spiro atoms. The molecule has 0 bridgehead atoms. The molecule has 0 saturated carbocycles. The fraction of sp³-hybridized carbons (Fsp3) is 0.290. The van der Waals surface area contributed by atoms with Gasteiger partial charge in [0.25, 0.3) is 0 Å². The maximum atomic E-state index is 14.2. The predicted octanol–water partition coefficient (Wildman–Crippen LogP) is 5.14. The van der Waals surface area contributed by atoms with E-state index >= 15 is 0 Å². The first-order valence-electron chi connectivity index (χ1n) is 13.6. The highest BCUT2D eigenvalue weighted by molar-refractivity contribution is 6.30. The first-order chi connectivity index (χ1) is 20.1. The fourth-order valence-electron chi connectivity index (χ4n) is 4.82. The molecule has 2 N–H and O–H groups in total. The molecule has 0 radical (unpaired) electrons. The average molecular weight is 576 g/mol. The molecule has 218 valence electrons. The van der Waals surface area contributed by atoms with Gasteiger partial charge in [0, 0.05) is 63.9 Å². The summed E-state index contributed by atoms with van der Waals surface area (Å²) in [5.74, 6) is 0.772. The number of ether oxygens (including phenoxy) is 1. The van der Waals surface area contributed by atoms with Gasteiger partial charge in [-0.05, 0) is 60.5 Å². The number of benzene rings is 2. The molecule has 2 aliphatic rings. The molecule has 0 atom stereocenters. The van der Waals surface area contributed by atoms with Crippen LogP contribution in [0.15, 0.2) is 82.7 Å². The smallest absolute Gasteiger partial charge is 0.416 e. The minimum absolute atomic E-state index is 0.0484. The Hall–Kier alpha value is -4.35. The summed E-state index contributed by atoms with van der Waals surface area (Å²) < 4.78 is 48.9. The Morgan fingerprint density at radius 1 is 1.00 bits per heavy atom. The zero-order chi connectivity index (χ0) is 29.9. The Labute approximate surface area is 242 Å². The topological polar surface area (TPSA) is 89.2 Å². The number of hydrogen-bond acceptors (Lipinski definition) is 7. The average Bonchev–Trinajstić information content (AvgIpc) is 2.97. The summed E-state index contributed by atoms with van der Waals surface area (Å²) in [4.78, 5) is 17.2. The molecule has 3 aromatic rings. The van der Waals surface area contributed by atoms with Crippen LogP contribution in [0.25, 0.3) is 11.1 Å². The Morgan fingerprint density at radius 2 is 1.74 bits per heavy atom. The third-order valence-corrected chi connectivity index (χ3v) is 7.25. The minimum Gasteiger partial charge on any atom is -0.438 e. The van der Waals surface area contributed by atoms with Crippen LogP contribution in [-0.2, 0) is 12.7 Å². The number of piperazine rings is 1. The van der Waals surface area contributed by atoms with Crippen LogP contribution in [0.4, 0.5) is 13.2 Å². The number of pyridine rings is 1. The summed E-state index contributed by atoms with van der Waals surface area (Å²) >= 11 is 0. The van der Waals surface area contributed by atoms with E-state index in [4.69, 9.17) is 10.1 Å². The minimum atomic E-state index is -4.49. The van der Waals surface area contributed by atoms with Crippen molar-refractivity contribution in [1.82, 2.24) is 20.1 Å². The van der Waals surface area contributed by atoms with Crippen LogP contribution in [0.3, 0.4) is 0 Å². The molecule has 1 aromatic heterocycles. The number of halogens is 3. The van der Waals surface area contributed by atoms with Gasteiger partial charge in [-0.2, -0.15) is 18.2 Å². The zero-order valence-corrected chi connectivity index (χ0v) is 23.7. The van der Waals surface area contributed by atoms with Gasteiger partial charge in [0.15, 0.2) is 11.7 Å². The quantitative estimate of drug-likeness (QED) is 0.425. The lowest BCUT2D eigenvalue weighted by Gasteiger charge is -2.33. The first-order valence-corrected chi connectivity index (χ1v) is 13.6. The van der Waals surface area contributed by atoms with Gasteiger partial charge in [0.1, 0.15) is 5.75 Å². The van der Waals surface area contributed by atoms with Crippen molar-refractivity contribution in [3.8, 4) is 16.9 Å². The number of amidine groups is 2. The van der Waals surface area contributed by atoms with E-state index in [1.165, 1.54) is 6.07 Å². The van der Waals surface area contributed by atoms with Crippen molar-refractivity contribution in [2.24, 2.45) is 9.98 Å². The van der Waals surface area contributed by atoms with Gasteiger partial charge in [-0.3, -0.25) is 15.3 Å². The number of aromatic nitrogens is 1. The van der Waals surface area contributed by atoms with Crippen molar-refractivity contribution in [2.75, 3.05) is 40.3 Å². The lowest BCUT2D eigenvalue weighted by molar-refractivity contribution is -0.138. The molecule has 0 aliphatic carbocycles. The Kier molecular flexibility index (Phi) is 8.51. The highest BCUT2D eigenvalue weighted by atomic mass is 19.4. The number of nitrogens with zero attached hydrogens (tertiary/aromatic N) is 5. The number of likely N-dealkylation sites (N-methyl/N-ethyl adjacent to an activating group) is 1. The van der Waals surface area contributed by atoms with Crippen molar-refractivity contribution in [1.29, 1.82) is 5.41 Å². The van der Waals surface area contributed by atoms with Crippen molar-refractivity contribution >= 4 is 17.6 Å². The maximum absolute atomic E-state index is 14.2. The van der Waals surface area contributed by atoms with Gasteiger partial charge < -0.3 is 15.0 Å². The summed E-state index contributed by atoms with van der Waals surface area (Å²) in [5, 5.41) is 11.4. The Morgan fingerprint density at radius 3 is 2.43 bits per heavy atom. The van der Waals surface area contributed by atoms with Crippen LogP contribution in [0.5, 0.6) is 5.75 Å². The van der Waals surface area contributed by atoms with Crippen LogP contribution in [0.2, 0.25) is 0 Å². The number of aryl methyl sites for hydroxylation is 1. The van der Waals surface area contributed by atoms with Crippen molar-refractivity contribution in [3.63, 3.8) is 0 Å². The summed E-state index contributed by atoms with van der Waals surface area (Å²) in [6.07, 6.45) is 0.299. The van der Waals surface area contributed by atoms with E-state index in [-0.39, 0.29) is 29.7 Å². The van der Waals surface area contributed by atoms with Crippen LogP contribution in [-0.4, -0.2) is 72.6 Å². The SMILES string of the molecule is CN/C=C1\C(=N)N=C(c2cccnc2)N=C1Oc1cc(-c2ccc(CN3CCN(C)CC3)c(C(F)(F)F)c2)ccc1C. The number of hydrogen-bond donors (Lipinski definition) is 2. The highest BCUT2D eigenvalue weighted by Gasteiger charge is 2.34. The summed E-state index contributed by atoms with van der Waals surface area (Å²) in [6, 6.07) is 13.3. The predicted molar refractivity (Wildman–Crippen MR) is 158 cm³/mol. The second-order valence-electron chi connectivity index (χ2n) is 10.3. The van der Waals surface area contributed by atoms with E-state index in [2.05, 4.69) is 30.1 Å². The van der Waals surface area contributed by atoms with E-state index < -0.39 is 11.7 Å². The van der Waals surface area contributed by atoms with E-state index in [0.29, 0.717) is 28.0 Å². The molecule has 0 amide bonds. The molecule has 2 aromatic carbocycles. The van der Waals surface area contributed by atoms with Crippen LogP contribution < -0.4 is 10.1 Å². The number of alkyl halides is 3. The Balaban J connectivity index is 1.47. The summed E-state index contributed by atoms with van der Waals surface area (Å²) in [7, 11) is 3.71. The molecule has 11 heteroatoms. The van der Waals surface area contributed by atoms with Gasteiger partial charge in [-0.15, -0.1) is 0 Å². The van der Waals surface area contributed by atoms with Crippen LogP contribution >= 0.6 is 0 Å². The van der Waals surface area contributed by atoms with E-state index in [1.807, 2.05) is 14.0 Å². The molecule has 5 rings (SSSR count). The standard InChI is InChI=1S/C31H32F3N7O/c1-20-6-7-22(21-8-9-24(26(15-21)31(32,33)34)19-41-13-11-40(3)12-14-41)16-27(20)42-30-25(18-36-2)28(35)38-29(39-30)23-5-4-10-37-17-23/h4-10,15-18,35-36H,11-14,19H2,1-3H3/b25-18+,35-28?. The van der Waals surface area contributed by atoms with Crippen LogP contribution in [0.1, 0.15) is 22.3 Å². The molecule has 1 saturated heterocycles. The van der Waals surface area contributed by atoms with E-state index in [0.717, 1.165) is 31.7 Å². The molecule has 3 heterocycles. The second-order valence-corrected chi connectivity index (χ2v) is 10.3. The molecular formula is C31H32F3N7O. The maximum Gasteiger partial charge on any atom is 0.416 e. The molecule has 0 unspecified atom stereocenters. The normalized spacial score (nSPS) is 17.7. The first kappa shape index (κ1) is 29.2. The van der Waals surface area contributed by atoms with Gasteiger partial charge in [-0.25, -0.2) is 4.99 Å². The third-order valence-electron chi connectivity index (χ3n) is 7.25. The number of nitrogens with one attached hydrogen (secondary N) is 2. The lowest BCUT2D eigenvalue weighted by atomic mass is 9.97. The lowest BCUT2D eigenvalue weighted by Crippen LogP contribution is -2.44. The Bertz CT molecular complexity index is 1560. The molecule has 8 nitrogen and oxygen atoms in total. The third kappa shape index (κ3) is 6.58. The van der Waals surface area contributed by atoms with Crippen molar-refractivity contribution in [3.05, 3.63) is 95.0 Å². The molecule has 1 fully saturated rings. The molecule has 42 heavy (non-hydrogen) atoms. The van der Waals surface area contributed by atoms with Gasteiger partial charge in [-0.1, -0.05) is 24.3 Å². The second kappa shape index (κ2) is 12.3. The monoisotopic (exact) mass is 575 g/mol. The fourth-order valence-corrected chi connectivity index (χ4v) is 4.82. The largest absolute Gasteiger partial charge is 0.438 e.